The Kier molecular flexibility index (Phi) is 4.72. The fourth-order valence-electron chi connectivity index (χ4n) is 3.41. The van der Waals surface area contributed by atoms with Crippen LogP contribution in [0, 0.1) is 0 Å². The topological polar surface area (TPSA) is 62.7 Å². The molecular weight excluding hydrogens is 362 g/mol. The number of sulfonamides is 1. The van der Waals surface area contributed by atoms with Crippen molar-refractivity contribution in [3.63, 3.8) is 0 Å². The quantitative estimate of drug-likeness (QED) is 0.693. The first-order chi connectivity index (χ1) is 13.1. The molecule has 1 saturated heterocycles. The van der Waals surface area contributed by atoms with Crippen molar-refractivity contribution >= 4 is 26.6 Å². The van der Waals surface area contributed by atoms with Crippen LogP contribution in [0.2, 0.25) is 0 Å². The highest BCUT2D eigenvalue weighted by Gasteiger charge is 2.29. The number of hydrogen-bond acceptors (Lipinski definition) is 5. The molecule has 1 aliphatic rings. The van der Waals surface area contributed by atoms with Crippen LogP contribution in [0.1, 0.15) is 0 Å². The number of anilines is 1. The Balaban J connectivity index is 1.52. The molecule has 1 aliphatic heterocycles. The van der Waals surface area contributed by atoms with E-state index >= 15 is 0 Å². The van der Waals surface area contributed by atoms with Gasteiger partial charge in [-0.25, -0.2) is 8.42 Å². The lowest BCUT2D eigenvalue weighted by atomic mass is 10.1. The minimum absolute atomic E-state index is 0.295. The van der Waals surface area contributed by atoms with Gasteiger partial charge in [-0.3, -0.25) is 4.98 Å². The second-order valence-electron chi connectivity index (χ2n) is 6.42. The van der Waals surface area contributed by atoms with E-state index in [-0.39, 0.29) is 0 Å². The van der Waals surface area contributed by atoms with Crippen molar-refractivity contribution in [1.82, 2.24) is 9.29 Å². The maximum Gasteiger partial charge on any atom is 0.243 e. The summed E-state index contributed by atoms with van der Waals surface area (Å²) in [6, 6.07) is 16.6. The molecular formula is C20H21N3O3S. The lowest BCUT2D eigenvalue weighted by Crippen LogP contribution is -2.48. The van der Waals surface area contributed by atoms with Gasteiger partial charge < -0.3 is 9.64 Å². The molecule has 0 radical (unpaired) electrons. The second kappa shape index (κ2) is 7.17. The molecule has 0 spiro atoms. The fraction of sp³-hybridized carbons (Fsp3) is 0.250. The molecule has 7 heteroatoms. The van der Waals surface area contributed by atoms with E-state index in [1.54, 1.807) is 41.9 Å². The highest BCUT2D eigenvalue weighted by atomic mass is 32.2. The first-order valence-corrected chi connectivity index (χ1v) is 10.3. The average molecular weight is 383 g/mol. The van der Waals surface area contributed by atoms with Gasteiger partial charge in [0.25, 0.3) is 0 Å². The van der Waals surface area contributed by atoms with Crippen molar-refractivity contribution in [3.05, 3.63) is 60.8 Å². The van der Waals surface area contributed by atoms with Crippen molar-refractivity contribution in [2.45, 2.75) is 4.90 Å². The van der Waals surface area contributed by atoms with E-state index in [4.69, 9.17) is 4.74 Å². The third kappa shape index (κ3) is 3.36. The number of methoxy groups -OCH3 is 1. The minimum Gasteiger partial charge on any atom is -0.497 e. The molecule has 6 nitrogen and oxygen atoms in total. The molecule has 2 aromatic carbocycles. The van der Waals surface area contributed by atoms with Crippen LogP contribution in [0.5, 0.6) is 5.75 Å². The number of aromatic nitrogens is 1. The third-order valence-electron chi connectivity index (χ3n) is 4.89. The Morgan fingerprint density at radius 3 is 2.33 bits per heavy atom. The lowest BCUT2D eigenvalue weighted by molar-refractivity contribution is 0.385. The summed E-state index contributed by atoms with van der Waals surface area (Å²) in [7, 11) is -1.94. The standard InChI is InChI=1S/C20H21N3O3S/c1-26-17-7-9-18(10-8-17)27(24,25)23-14-12-22(13-15-23)19-6-2-4-16-5-3-11-21-20(16)19/h2-11H,12-15H2,1H3. The van der Waals surface area contributed by atoms with Crippen LogP contribution < -0.4 is 9.64 Å². The molecule has 0 saturated carbocycles. The van der Waals surface area contributed by atoms with Crippen molar-refractivity contribution in [3.8, 4) is 5.75 Å². The van der Waals surface area contributed by atoms with Crippen molar-refractivity contribution < 1.29 is 13.2 Å². The van der Waals surface area contributed by atoms with E-state index in [0.717, 1.165) is 16.6 Å². The zero-order valence-corrected chi connectivity index (χ0v) is 15.9. The summed E-state index contributed by atoms with van der Waals surface area (Å²) in [5, 5.41) is 1.09. The molecule has 27 heavy (non-hydrogen) atoms. The molecule has 0 atom stereocenters. The molecule has 0 aliphatic carbocycles. The predicted molar refractivity (Wildman–Crippen MR) is 106 cm³/mol. The van der Waals surface area contributed by atoms with Gasteiger partial charge in [0, 0.05) is 37.8 Å². The lowest BCUT2D eigenvalue weighted by Gasteiger charge is -2.35. The minimum atomic E-state index is -3.50. The number of nitrogens with zero attached hydrogens (tertiary/aromatic N) is 3. The van der Waals surface area contributed by atoms with Crippen LogP contribution in [0.15, 0.2) is 65.7 Å². The van der Waals surface area contributed by atoms with Gasteiger partial charge in [-0.05, 0) is 36.4 Å². The molecule has 0 N–H and O–H groups in total. The first kappa shape index (κ1) is 17.8. The summed E-state index contributed by atoms with van der Waals surface area (Å²) in [4.78, 5) is 7.00. The van der Waals surface area contributed by atoms with Crippen LogP contribution >= 0.6 is 0 Å². The zero-order chi connectivity index (χ0) is 18.9. The maximum atomic E-state index is 12.9. The Hall–Kier alpha value is -2.64. The van der Waals surface area contributed by atoms with Gasteiger partial charge in [0.15, 0.2) is 0 Å². The highest BCUT2D eigenvalue weighted by Crippen LogP contribution is 2.27. The van der Waals surface area contributed by atoms with E-state index < -0.39 is 10.0 Å². The van der Waals surface area contributed by atoms with Gasteiger partial charge in [0.1, 0.15) is 5.75 Å². The number of para-hydroxylation sites is 1. The number of piperazine rings is 1. The van der Waals surface area contributed by atoms with E-state index in [9.17, 15) is 8.42 Å². The van der Waals surface area contributed by atoms with E-state index in [0.29, 0.717) is 36.8 Å². The van der Waals surface area contributed by atoms with Crippen LogP contribution in [-0.4, -0.2) is 51.0 Å². The number of fused-ring (bicyclic) bond motifs is 1. The molecule has 4 rings (SSSR count). The van der Waals surface area contributed by atoms with Crippen LogP contribution in [-0.2, 0) is 10.0 Å². The molecule has 0 amide bonds. The number of benzene rings is 2. The molecule has 0 unspecified atom stereocenters. The summed E-state index contributed by atoms with van der Waals surface area (Å²) in [5.41, 5.74) is 2.00. The van der Waals surface area contributed by atoms with E-state index in [1.165, 1.54) is 0 Å². The van der Waals surface area contributed by atoms with Gasteiger partial charge in [-0.1, -0.05) is 18.2 Å². The molecule has 1 fully saturated rings. The fourth-order valence-corrected chi connectivity index (χ4v) is 4.83. The van der Waals surface area contributed by atoms with Crippen LogP contribution in [0.25, 0.3) is 10.9 Å². The predicted octanol–water partition coefficient (Wildman–Crippen LogP) is 2.75. The van der Waals surface area contributed by atoms with Crippen molar-refractivity contribution in [1.29, 1.82) is 0 Å². The van der Waals surface area contributed by atoms with Crippen molar-refractivity contribution in [2.75, 3.05) is 38.2 Å². The van der Waals surface area contributed by atoms with Crippen LogP contribution in [0.3, 0.4) is 0 Å². The number of pyridine rings is 1. The summed E-state index contributed by atoms with van der Waals surface area (Å²) in [6.45, 7) is 2.14. The van der Waals surface area contributed by atoms with Gasteiger partial charge in [0.2, 0.25) is 10.0 Å². The first-order valence-electron chi connectivity index (χ1n) is 8.82. The van der Waals surface area contributed by atoms with Crippen LogP contribution in [0.4, 0.5) is 5.69 Å². The summed E-state index contributed by atoms with van der Waals surface area (Å²) >= 11 is 0. The summed E-state index contributed by atoms with van der Waals surface area (Å²) in [5.74, 6) is 0.641. The average Bonchev–Trinajstić information content (AvgIpc) is 2.73. The smallest absolute Gasteiger partial charge is 0.243 e. The number of hydrogen-bond donors (Lipinski definition) is 0. The molecule has 0 bridgehead atoms. The third-order valence-corrected chi connectivity index (χ3v) is 6.80. The van der Waals surface area contributed by atoms with E-state index in [2.05, 4.69) is 9.88 Å². The summed E-state index contributed by atoms with van der Waals surface area (Å²) < 4.78 is 32.4. The summed E-state index contributed by atoms with van der Waals surface area (Å²) in [6.07, 6.45) is 1.79. The van der Waals surface area contributed by atoms with Gasteiger partial charge in [0.05, 0.1) is 23.2 Å². The highest BCUT2D eigenvalue weighted by molar-refractivity contribution is 7.89. The Labute approximate surface area is 159 Å². The number of ether oxygens (including phenoxy) is 1. The SMILES string of the molecule is COc1ccc(S(=O)(=O)N2CCN(c3cccc4cccnc34)CC2)cc1. The largest absolute Gasteiger partial charge is 0.497 e. The van der Waals surface area contributed by atoms with E-state index in [1.807, 2.05) is 30.3 Å². The molecule has 3 aromatic rings. The monoisotopic (exact) mass is 383 g/mol. The molecule has 1 aromatic heterocycles. The Morgan fingerprint density at radius 2 is 1.63 bits per heavy atom. The zero-order valence-electron chi connectivity index (χ0n) is 15.1. The molecule has 2 heterocycles. The second-order valence-corrected chi connectivity index (χ2v) is 8.36. The normalized spacial score (nSPS) is 15.8. The van der Waals surface area contributed by atoms with Gasteiger partial charge >= 0.3 is 0 Å². The van der Waals surface area contributed by atoms with Gasteiger partial charge in [-0.15, -0.1) is 0 Å². The van der Waals surface area contributed by atoms with Crippen molar-refractivity contribution in [2.24, 2.45) is 0 Å². The molecule has 140 valence electrons. The maximum absolute atomic E-state index is 12.9. The van der Waals surface area contributed by atoms with Gasteiger partial charge in [-0.2, -0.15) is 4.31 Å². The Bertz CT molecular complexity index is 1040. The Morgan fingerprint density at radius 1 is 0.926 bits per heavy atom. The number of rotatable bonds is 4.